The van der Waals surface area contributed by atoms with E-state index in [2.05, 4.69) is 5.32 Å². The third-order valence-electron chi connectivity index (χ3n) is 8.69. The van der Waals surface area contributed by atoms with Crippen LogP contribution >= 0.6 is 0 Å². The molecule has 1 N–H and O–H groups in total. The summed E-state index contributed by atoms with van der Waals surface area (Å²) < 4.78 is 11.2. The van der Waals surface area contributed by atoms with Crippen LogP contribution in [0.3, 0.4) is 0 Å². The first-order valence-electron chi connectivity index (χ1n) is 15.6. The van der Waals surface area contributed by atoms with Gasteiger partial charge in [-0.25, -0.2) is 0 Å². The van der Waals surface area contributed by atoms with Gasteiger partial charge in [0.2, 0.25) is 23.6 Å². The Balaban J connectivity index is 1.88. The number of hydrogen-bond acceptors (Lipinski definition) is 6. The van der Waals surface area contributed by atoms with Crippen LogP contribution in [0.1, 0.15) is 74.6 Å². The van der Waals surface area contributed by atoms with Gasteiger partial charge in [0.05, 0.1) is 32.6 Å². The van der Waals surface area contributed by atoms with Crippen LogP contribution in [0, 0.1) is 0 Å². The van der Waals surface area contributed by atoms with Gasteiger partial charge in [0.1, 0.15) is 11.5 Å². The maximum absolute atomic E-state index is 14.6. The lowest BCUT2D eigenvalue weighted by Crippen LogP contribution is -2.39. The molecule has 10 heteroatoms. The number of carbonyl (C=O) groups is 4. The van der Waals surface area contributed by atoms with E-state index in [4.69, 9.17) is 9.47 Å². The topological polar surface area (TPSA) is 108 Å². The van der Waals surface area contributed by atoms with E-state index < -0.39 is 12.0 Å². The average Bonchev–Trinajstić information content (AvgIpc) is 3.02. The maximum atomic E-state index is 14.6. The van der Waals surface area contributed by atoms with E-state index in [1.807, 2.05) is 52.3 Å². The fourth-order valence-electron chi connectivity index (χ4n) is 6.26. The van der Waals surface area contributed by atoms with E-state index in [0.29, 0.717) is 64.3 Å². The summed E-state index contributed by atoms with van der Waals surface area (Å²) in [5, 5.41) is 3.01. The first-order valence-corrected chi connectivity index (χ1v) is 15.6. The van der Waals surface area contributed by atoms with Gasteiger partial charge >= 0.3 is 0 Å². The lowest BCUT2D eigenvalue weighted by atomic mass is 9.87. The van der Waals surface area contributed by atoms with Crippen molar-refractivity contribution in [3.05, 3.63) is 59.2 Å². The summed E-state index contributed by atoms with van der Waals surface area (Å²) in [5.74, 6) is 0.430. The molecule has 2 aromatic rings. The zero-order chi connectivity index (χ0) is 31.6. The van der Waals surface area contributed by atoms with Crippen molar-refractivity contribution < 1.29 is 28.7 Å². The van der Waals surface area contributed by atoms with E-state index in [-0.39, 0.29) is 30.0 Å². The first-order chi connectivity index (χ1) is 21.2. The Morgan fingerprint density at radius 1 is 0.841 bits per heavy atom. The Morgan fingerprint density at radius 3 is 2.23 bits per heavy atom. The number of ether oxygens (including phenoxy) is 2. The third kappa shape index (κ3) is 8.30. The van der Waals surface area contributed by atoms with Gasteiger partial charge in [-0.05, 0) is 67.5 Å². The minimum absolute atomic E-state index is 0.0124. The molecule has 4 amide bonds. The van der Waals surface area contributed by atoms with Crippen LogP contribution in [0.25, 0.3) is 0 Å². The summed E-state index contributed by atoms with van der Waals surface area (Å²) in [5.41, 5.74) is 2.48. The van der Waals surface area contributed by atoms with Crippen molar-refractivity contribution >= 4 is 23.6 Å². The predicted molar refractivity (Wildman–Crippen MR) is 167 cm³/mol. The summed E-state index contributed by atoms with van der Waals surface area (Å²) in [6.07, 6.45) is 3.20. The molecule has 2 heterocycles. The quantitative estimate of drug-likeness (QED) is 0.569. The van der Waals surface area contributed by atoms with Gasteiger partial charge in [0, 0.05) is 58.7 Å². The van der Waals surface area contributed by atoms with E-state index in [1.54, 1.807) is 26.0 Å². The summed E-state index contributed by atoms with van der Waals surface area (Å²) in [6, 6.07) is 12.8. The van der Waals surface area contributed by atoms with Crippen LogP contribution in [0.15, 0.2) is 42.5 Å². The van der Waals surface area contributed by atoms with Crippen LogP contribution in [-0.4, -0.2) is 91.8 Å². The lowest BCUT2D eigenvalue weighted by molar-refractivity contribution is -0.134. The Bertz CT molecular complexity index is 1310. The molecule has 4 rings (SSSR count). The zero-order valence-electron chi connectivity index (χ0n) is 26.5. The molecule has 0 unspecified atom stereocenters. The second-order valence-corrected chi connectivity index (χ2v) is 11.6. The number of nitrogens with one attached hydrogen (secondary N) is 1. The van der Waals surface area contributed by atoms with Gasteiger partial charge < -0.3 is 29.5 Å². The van der Waals surface area contributed by atoms with Crippen molar-refractivity contribution in [2.24, 2.45) is 0 Å². The molecule has 44 heavy (non-hydrogen) atoms. The molecular formula is C34H46N4O6. The van der Waals surface area contributed by atoms with Crippen LogP contribution in [-0.2, 0) is 25.6 Å². The molecule has 238 valence electrons. The van der Waals surface area contributed by atoms with Gasteiger partial charge in [-0.3, -0.25) is 19.2 Å². The number of methoxy groups -OCH3 is 2. The number of rotatable bonds is 4. The fraction of sp³-hybridized carbons (Fsp3) is 0.529. The summed E-state index contributed by atoms with van der Waals surface area (Å²) >= 11 is 0. The second kappa shape index (κ2) is 15.6. The Morgan fingerprint density at radius 2 is 1.55 bits per heavy atom. The number of hydrogen-bond donors (Lipinski definition) is 1. The van der Waals surface area contributed by atoms with E-state index in [1.165, 1.54) is 6.92 Å². The summed E-state index contributed by atoms with van der Waals surface area (Å²) in [4.78, 5) is 58.8. The van der Waals surface area contributed by atoms with Crippen molar-refractivity contribution in [2.45, 2.75) is 64.3 Å². The van der Waals surface area contributed by atoms with Crippen LogP contribution in [0.2, 0.25) is 0 Å². The highest BCUT2D eigenvalue weighted by Crippen LogP contribution is 2.36. The zero-order valence-corrected chi connectivity index (χ0v) is 26.5. The highest BCUT2D eigenvalue weighted by molar-refractivity contribution is 5.85. The van der Waals surface area contributed by atoms with Gasteiger partial charge in [0.25, 0.3) is 0 Å². The smallest absolute Gasteiger partial charge is 0.230 e. The van der Waals surface area contributed by atoms with Crippen LogP contribution in [0.5, 0.6) is 11.5 Å². The molecule has 0 aliphatic carbocycles. The molecule has 4 bridgehead atoms. The first kappa shape index (κ1) is 32.8. The van der Waals surface area contributed by atoms with E-state index in [0.717, 1.165) is 35.3 Å². The summed E-state index contributed by atoms with van der Waals surface area (Å²) in [6.45, 7) is 6.02. The molecule has 0 spiro atoms. The maximum Gasteiger partial charge on any atom is 0.230 e. The Labute approximate surface area is 260 Å². The van der Waals surface area contributed by atoms with E-state index in [9.17, 15) is 19.2 Å². The van der Waals surface area contributed by atoms with Crippen molar-refractivity contribution in [1.29, 1.82) is 0 Å². The molecule has 0 fully saturated rings. The standard InChI is InChI=1S/C34H46N4O6/c1-24(39)36-16-5-6-17-37-18-7-15-35-33(41)23-31(38(25(2)40)20-8-19-36)27-11-14-32(44-4)29(22-27)30(34(37)42)21-26-9-12-28(43-3)13-10-26/h9-14,22,30-31H,5-8,15-21,23H2,1-4H3,(H,35,41)/t30-,31+/m1/s1. The number of amides is 4. The van der Waals surface area contributed by atoms with Crippen molar-refractivity contribution in [3.63, 3.8) is 0 Å². The SMILES string of the molecule is COc1ccc(C[C@H]2C(=O)N3CCCCN(C(C)=O)CCCN(C(C)=O)[C@@H](CC(=O)NCCC3)c3ccc(OC)c2c3)cc1. The minimum atomic E-state index is -0.559. The molecule has 0 saturated heterocycles. The fourth-order valence-corrected chi connectivity index (χ4v) is 6.26. The monoisotopic (exact) mass is 606 g/mol. The van der Waals surface area contributed by atoms with Crippen LogP contribution < -0.4 is 14.8 Å². The molecule has 2 aromatic carbocycles. The second-order valence-electron chi connectivity index (χ2n) is 11.6. The van der Waals surface area contributed by atoms with Gasteiger partial charge in [-0.1, -0.05) is 18.2 Å². The lowest BCUT2D eigenvalue weighted by Gasteiger charge is -2.33. The van der Waals surface area contributed by atoms with Crippen molar-refractivity contribution in [2.75, 3.05) is 53.5 Å². The minimum Gasteiger partial charge on any atom is -0.497 e. The number of carbonyl (C=O) groups excluding carboxylic acids is 4. The van der Waals surface area contributed by atoms with Gasteiger partial charge in [0.15, 0.2) is 0 Å². The predicted octanol–water partition coefficient (Wildman–Crippen LogP) is 3.69. The largest absolute Gasteiger partial charge is 0.497 e. The summed E-state index contributed by atoms with van der Waals surface area (Å²) in [7, 11) is 3.22. The normalized spacial score (nSPS) is 20.6. The highest BCUT2D eigenvalue weighted by Gasteiger charge is 2.32. The molecule has 0 radical (unpaired) electrons. The molecule has 2 aliphatic rings. The Kier molecular flexibility index (Phi) is 11.6. The number of nitrogens with zero attached hydrogens (tertiary/aromatic N) is 3. The molecular weight excluding hydrogens is 560 g/mol. The Hall–Kier alpha value is -4.08. The molecule has 0 saturated carbocycles. The number of benzene rings is 2. The molecule has 2 atom stereocenters. The van der Waals surface area contributed by atoms with Gasteiger partial charge in [-0.15, -0.1) is 0 Å². The van der Waals surface area contributed by atoms with Crippen LogP contribution in [0.4, 0.5) is 0 Å². The number of fused-ring (bicyclic) bond motifs is 2. The molecule has 10 nitrogen and oxygen atoms in total. The van der Waals surface area contributed by atoms with Gasteiger partial charge in [-0.2, -0.15) is 0 Å². The molecule has 0 aromatic heterocycles. The average molecular weight is 607 g/mol. The van der Waals surface area contributed by atoms with E-state index >= 15 is 0 Å². The van der Waals surface area contributed by atoms with Crippen molar-refractivity contribution in [1.82, 2.24) is 20.0 Å². The third-order valence-corrected chi connectivity index (χ3v) is 8.69. The highest BCUT2D eigenvalue weighted by atomic mass is 16.5. The van der Waals surface area contributed by atoms with Crippen molar-refractivity contribution in [3.8, 4) is 11.5 Å². The molecule has 2 aliphatic heterocycles.